The monoisotopic (exact) mass is 251 g/mol. The molecule has 2 heterocycles. The minimum absolute atomic E-state index is 0.254. The molecule has 17 heavy (non-hydrogen) atoms. The van der Waals surface area contributed by atoms with E-state index in [2.05, 4.69) is 19.9 Å². The molecule has 1 aromatic rings. The fourth-order valence-electron chi connectivity index (χ4n) is 2.39. The Bertz CT molecular complexity index is 391. The number of hydrogen-bond donors (Lipinski definition) is 0. The average molecular weight is 251 g/mol. The molecule has 0 radical (unpaired) electrons. The fraction of sp³-hybridized carbons (Fsp3) is 0.643. The minimum Gasteiger partial charge on any atom is -0.338 e. The van der Waals surface area contributed by atoms with Crippen molar-refractivity contribution >= 4 is 17.2 Å². The summed E-state index contributed by atoms with van der Waals surface area (Å²) in [6.07, 6.45) is 5.64. The van der Waals surface area contributed by atoms with Crippen LogP contribution in [0.1, 0.15) is 53.2 Å². The first-order valence-electron chi connectivity index (χ1n) is 6.67. The normalized spacial score (nSPS) is 15.5. The highest BCUT2D eigenvalue weighted by Gasteiger charge is 2.22. The number of carbonyl (C=O) groups excluding carboxylic acids is 1. The Hall–Kier alpha value is -0.830. The molecule has 0 unspecified atom stereocenters. The van der Waals surface area contributed by atoms with E-state index in [1.807, 2.05) is 4.90 Å². The van der Waals surface area contributed by atoms with Crippen molar-refractivity contribution in [3.05, 3.63) is 21.4 Å². The fourth-order valence-corrected chi connectivity index (χ4v) is 3.71. The van der Waals surface area contributed by atoms with Crippen LogP contribution in [0.5, 0.6) is 0 Å². The van der Waals surface area contributed by atoms with Gasteiger partial charge in [0.25, 0.3) is 5.91 Å². The number of rotatable bonds is 4. The molecule has 0 aliphatic carbocycles. The Labute approximate surface area is 108 Å². The molecule has 0 aromatic carbocycles. The molecule has 0 spiro atoms. The second-order valence-corrected chi connectivity index (χ2v) is 5.80. The summed E-state index contributed by atoms with van der Waals surface area (Å²) in [6, 6.07) is 2.12. The van der Waals surface area contributed by atoms with Crippen molar-refractivity contribution in [2.75, 3.05) is 13.1 Å². The number of nitrogens with zero attached hydrogens (tertiary/aromatic N) is 1. The summed E-state index contributed by atoms with van der Waals surface area (Å²) in [6.45, 7) is 6.26. The molecule has 0 saturated carbocycles. The molecule has 1 aromatic heterocycles. The van der Waals surface area contributed by atoms with Crippen molar-refractivity contribution in [1.82, 2.24) is 4.90 Å². The van der Waals surface area contributed by atoms with Crippen molar-refractivity contribution in [3.8, 4) is 0 Å². The lowest BCUT2D eigenvalue weighted by Gasteiger charge is -2.13. The van der Waals surface area contributed by atoms with Gasteiger partial charge in [-0.1, -0.05) is 20.3 Å². The maximum Gasteiger partial charge on any atom is 0.263 e. The predicted octanol–water partition coefficient (Wildman–Crippen LogP) is 3.50. The molecule has 94 valence electrons. The van der Waals surface area contributed by atoms with Gasteiger partial charge in [0.2, 0.25) is 0 Å². The van der Waals surface area contributed by atoms with E-state index in [4.69, 9.17) is 0 Å². The molecule has 0 atom stereocenters. The Morgan fingerprint density at radius 1 is 1.35 bits per heavy atom. The maximum absolute atomic E-state index is 12.3. The van der Waals surface area contributed by atoms with Crippen LogP contribution >= 0.6 is 11.3 Å². The number of thiophene rings is 1. The highest BCUT2D eigenvalue weighted by Crippen LogP contribution is 2.26. The van der Waals surface area contributed by atoms with Gasteiger partial charge >= 0.3 is 0 Å². The predicted molar refractivity (Wildman–Crippen MR) is 72.8 cm³/mol. The molecule has 3 heteroatoms. The smallest absolute Gasteiger partial charge is 0.263 e. The molecule has 2 rings (SSSR count). The third-order valence-corrected chi connectivity index (χ3v) is 4.58. The second kappa shape index (κ2) is 5.67. The van der Waals surface area contributed by atoms with Gasteiger partial charge in [-0.05, 0) is 37.3 Å². The largest absolute Gasteiger partial charge is 0.338 e. The number of likely N-dealkylation sites (tertiary alicyclic amines) is 1. The van der Waals surface area contributed by atoms with Crippen molar-refractivity contribution < 1.29 is 4.79 Å². The topological polar surface area (TPSA) is 20.3 Å². The van der Waals surface area contributed by atoms with Gasteiger partial charge < -0.3 is 4.90 Å². The van der Waals surface area contributed by atoms with E-state index in [1.165, 1.54) is 23.3 Å². The van der Waals surface area contributed by atoms with Gasteiger partial charge in [0.05, 0.1) is 4.88 Å². The molecule has 1 aliphatic rings. The highest BCUT2D eigenvalue weighted by atomic mass is 32.1. The van der Waals surface area contributed by atoms with E-state index < -0.39 is 0 Å². The SMILES string of the molecule is CCCc1sc(C(=O)N2CCCC2)cc1CC. The molecule has 0 N–H and O–H groups in total. The minimum atomic E-state index is 0.254. The number of hydrogen-bond acceptors (Lipinski definition) is 2. The standard InChI is InChI=1S/C14H21NOS/c1-3-7-12-11(4-2)10-13(17-12)14(16)15-8-5-6-9-15/h10H,3-9H2,1-2H3. The van der Waals surface area contributed by atoms with Crippen molar-refractivity contribution in [1.29, 1.82) is 0 Å². The van der Waals surface area contributed by atoms with E-state index in [1.54, 1.807) is 11.3 Å². The highest BCUT2D eigenvalue weighted by molar-refractivity contribution is 7.14. The van der Waals surface area contributed by atoms with Gasteiger partial charge in [0, 0.05) is 18.0 Å². The molecular weight excluding hydrogens is 230 g/mol. The molecule has 1 aliphatic heterocycles. The van der Waals surface area contributed by atoms with Crippen molar-refractivity contribution in [3.63, 3.8) is 0 Å². The maximum atomic E-state index is 12.3. The first kappa shape index (κ1) is 12.6. The Balaban J connectivity index is 2.17. The first-order chi connectivity index (χ1) is 8.26. The lowest BCUT2D eigenvalue weighted by molar-refractivity contribution is 0.0797. The zero-order chi connectivity index (χ0) is 12.3. The second-order valence-electron chi connectivity index (χ2n) is 4.66. The first-order valence-corrected chi connectivity index (χ1v) is 7.48. The van der Waals surface area contributed by atoms with E-state index in [-0.39, 0.29) is 5.91 Å². The number of carbonyl (C=O) groups is 1. The Kier molecular flexibility index (Phi) is 4.21. The van der Waals surface area contributed by atoms with Gasteiger partial charge in [0.1, 0.15) is 0 Å². The van der Waals surface area contributed by atoms with Crippen molar-refractivity contribution in [2.45, 2.75) is 46.0 Å². The third kappa shape index (κ3) is 2.71. The third-order valence-electron chi connectivity index (χ3n) is 3.36. The average Bonchev–Trinajstić information content (AvgIpc) is 2.97. The van der Waals surface area contributed by atoms with Gasteiger partial charge in [-0.2, -0.15) is 0 Å². The van der Waals surface area contributed by atoms with Gasteiger partial charge in [0.15, 0.2) is 0 Å². The summed E-state index contributed by atoms with van der Waals surface area (Å²) in [5.41, 5.74) is 1.37. The molecule has 1 amide bonds. The van der Waals surface area contributed by atoms with Crippen LogP contribution in [0, 0.1) is 0 Å². The summed E-state index contributed by atoms with van der Waals surface area (Å²) in [5, 5.41) is 0. The molecule has 1 fully saturated rings. The van der Waals surface area contributed by atoms with Crippen LogP contribution in [0.25, 0.3) is 0 Å². The van der Waals surface area contributed by atoms with Gasteiger partial charge in [-0.3, -0.25) is 4.79 Å². The Morgan fingerprint density at radius 3 is 2.65 bits per heavy atom. The number of aryl methyl sites for hydroxylation is 2. The lowest BCUT2D eigenvalue weighted by atomic mass is 10.1. The van der Waals surface area contributed by atoms with Crippen molar-refractivity contribution in [2.24, 2.45) is 0 Å². The van der Waals surface area contributed by atoms with Gasteiger partial charge in [-0.25, -0.2) is 0 Å². The summed E-state index contributed by atoms with van der Waals surface area (Å²) in [5.74, 6) is 0.254. The van der Waals surface area contributed by atoms with E-state index in [0.717, 1.165) is 37.2 Å². The summed E-state index contributed by atoms with van der Waals surface area (Å²) in [7, 11) is 0. The van der Waals surface area contributed by atoms with Crippen LogP contribution in [0.4, 0.5) is 0 Å². The van der Waals surface area contributed by atoms with E-state index >= 15 is 0 Å². The zero-order valence-electron chi connectivity index (χ0n) is 10.8. The lowest BCUT2D eigenvalue weighted by Crippen LogP contribution is -2.26. The van der Waals surface area contributed by atoms with Crippen LogP contribution in [-0.2, 0) is 12.8 Å². The van der Waals surface area contributed by atoms with Crippen LogP contribution in [-0.4, -0.2) is 23.9 Å². The van der Waals surface area contributed by atoms with Crippen LogP contribution < -0.4 is 0 Å². The summed E-state index contributed by atoms with van der Waals surface area (Å²) < 4.78 is 0. The Morgan fingerprint density at radius 2 is 2.06 bits per heavy atom. The number of amides is 1. The zero-order valence-corrected chi connectivity index (χ0v) is 11.6. The van der Waals surface area contributed by atoms with Crippen LogP contribution in [0.3, 0.4) is 0 Å². The molecule has 1 saturated heterocycles. The van der Waals surface area contributed by atoms with E-state index in [0.29, 0.717) is 0 Å². The quantitative estimate of drug-likeness (QED) is 0.802. The summed E-state index contributed by atoms with van der Waals surface area (Å²) >= 11 is 1.71. The summed E-state index contributed by atoms with van der Waals surface area (Å²) in [4.78, 5) is 16.6. The van der Waals surface area contributed by atoms with Crippen LogP contribution in [0.15, 0.2) is 6.07 Å². The van der Waals surface area contributed by atoms with Gasteiger partial charge in [-0.15, -0.1) is 11.3 Å². The molecule has 2 nitrogen and oxygen atoms in total. The molecule has 0 bridgehead atoms. The molecular formula is C14H21NOS. The van der Waals surface area contributed by atoms with E-state index in [9.17, 15) is 4.79 Å². The van der Waals surface area contributed by atoms with Crippen LogP contribution in [0.2, 0.25) is 0 Å².